The molecule has 1 fully saturated rings. The van der Waals surface area contributed by atoms with E-state index in [9.17, 15) is 24.6 Å². The molecule has 0 heterocycles. The maximum Gasteiger partial charge on any atom is 0.408 e. The molecule has 0 saturated heterocycles. The largest absolute Gasteiger partial charge is 0.508 e. The van der Waals surface area contributed by atoms with Gasteiger partial charge in [0.25, 0.3) is 0 Å². The van der Waals surface area contributed by atoms with Crippen molar-refractivity contribution >= 4 is 17.9 Å². The van der Waals surface area contributed by atoms with Crippen molar-refractivity contribution in [2.75, 3.05) is 6.54 Å². The van der Waals surface area contributed by atoms with E-state index in [1.165, 1.54) is 24.3 Å². The summed E-state index contributed by atoms with van der Waals surface area (Å²) in [5.41, 5.74) is 0.445. The predicted octanol–water partition coefficient (Wildman–Crippen LogP) is 6.52. The highest BCUT2D eigenvalue weighted by molar-refractivity contribution is 5.92. The first-order valence-corrected chi connectivity index (χ1v) is 16.1. The van der Waals surface area contributed by atoms with Crippen LogP contribution in [0.25, 0.3) is 0 Å². The molecular formula is C35H51N3O6. The van der Waals surface area contributed by atoms with E-state index in [0.717, 1.165) is 63.4 Å². The zero-order valence-corrected chi connectivity index (χ0v) is 26.8. The number of carbonyl (C=O) groups excluding carboxylic acids is 3. The fourth-order valence-corrected chi connectivity index (χ4v) is 5.66. The summed E-state index contributed by atoms with van der Waals surface area (Å²) >= 11 is 0. The Balaban J connectivity index is 2.01. The van der Waals surface area contributed by atoms with Crippen LogP contribution in [0.1, 0.15) is 109 Å². The average Bonchev–Trinajstić information content (AvgIpc) is 2.96. The number of hydrogen-bond acceptors (Lipinski definition) is 6. The van der Waals surface area contributed by atoms with Gasteiger partial charge in [0.15, 0.2) is 0 Å². The molecule has 44 heavy (non-hydrogen) atoms. The lowest BCUT2D eigenvalue weighted by Crippen LogP contribution is -2.54. The van der Waals surface area contributed by atoms with E-state index in [2.05, 4.69) is 17.6 Å². The Labute approximate surface area is 262 Å². The molecule has 2 atom stereocenters. The van der Waals surface area contributed by atoms with Gasteiger partial charge in [0, 0.05) is 19.0 Å². The SMILES string of the molecule is CCCCCCCN(C(=O)C(Cc1ccc(O)cc1)NC(=O)OC(C)(C)C)C(C(=O)NC1CCCCC1)c1cccc(O)c1. The fraction of sp³-hybridized carbons (Fsp3) is 0.571. The number of phenols is 2. The smallest absolute Gasteiger partial charge is 0.408 e. The monoisotopic (exact) mass is 609 g/mol. The number of aromatic hydroxyl groups is 2. The summed E-state index contributed by atoms with van der Waals surface area (Å²) in [5, 5.41) is 26.2. The van der Waals surface area contributed by atoms with Crippen LogP contribution in [0.2, 0.25) is 0 Å². The number of carbonyl (C=O) groups is 3. The third-order valence-corrected chi connectivity index (χ3v) is 7.85. The van der Waals surface area contributed by atoms with E-state index < -0.39 is 29.7 Å². The highest BCUT2D eigenvalue weighted by atomic mass is 16.6. The molecule has 9 heteroatoms. The number of benzene rings is 2. The molecule has 2 aromatic carbocycles. The summed E-state index contributed by atoms with van der Waals surface area (Å²) < 4.78 is 5.52. The predicted molar refractivity (Wildman–Crippen MR) is 171 cm³/mol. The molecule has 2 unspecified atom stereocenters. The lowest BCUT2D eigenvalue weighted by molar-refractivity contribution is -0.143. The summed E-state index contributed by atoms with van der Waals surface area (Å²) in [4.78, 5) is 43.3. The van der Waals surface area contributed by atoms with E-state index in [1.807, 2.05) is 0 Å². The number of hydrogen-bond donors (Lipinski definition) is 4. The van der Waals surface area contributed by atoms with Gasteiger partial charge in [-0.3, -0.25) is 9.59 Å². The first-order valence-electron chi connectivity index (χ1n) is 16.1. The molecule has 9 nitrogen and oxygen atoms in total. The number of unbranched alkanes of at least 4 members (excludes halogenated alkanes) is 4. The summed E-state index contributed by atoms with van der Waals surface area (Å²) in [6, 6.07) is 10.9. The van der Waals surface area contributed by atoms with Gasteiger partial charge in [0.2, 0.25) is 11.8 Å². The fourth-order valence-electron chi connectivity index (χ4n) is 5.66. The Bertz CT molecular complexity index is 1200. The molecule has 0 radical (unpaired) electrons. The highest BCUT2D eigenvalue weighted by Gasteiger charge is 2.37. The van der Waals surface area contributed by atoms with Gasteiger partial charge in [-0.25, -0.2) is 4.79 Å². The second-order valence-corrected chi connectivity index (χ2v) is 12.9. The third-order valence-electron chi connectivity index (χ3n) is 7.85. The van der Waals surface area contributed by atoms with Crippen molar-refractivity contribution in [2.24, 2.45) is 0 Å². The molecule has 3 rings (SSSR count). The van der Waals surface area contributed by atoms with Gasteiger partial charge in [-0.05, 0) is 75.4 Å². The molecule has 1 saturated carbocycles. The molecule has 0 aliphatic heterocycles. The number of nitrogens with one attached hydrogen (secondary N) is 2. The van der Waals surface area contributed by atoms with Crippen molar-refractivity contribution in [3.05, 3.63) is 59.7 Å². The summed E-state index contributed by atoms with van der Waals surface area (Å²) in [6.45, 7) is 7.68. The third kappa shape index (κ3) is 11.4. The quantitative estimate of drug-likeness (QED) is 0.181. The van der Waals surface area contributed by atoms with Crippen molar-refractivity contribution in [2.45, 2.75) is 122 Å². The molecule has 0 aromatic heterocycles. The van der Waals surface area contributed by atoms with Gasteiger partial charge >= 0.3 is 6.09 Å². The first kappa shape index (κ1) is 34.7. The Kier molecular flexibility index (Phi) is 13.4. The van der Waals surface area contributed by atoms with Crippen LogP contribution in [0.3, 0.4) is 0 Å². The molecule has 1 aliphatic carbocycles. The maximum atomic E-state index is 14.6. The lowest BCUT2D eigenvalue weighted by Gasteiger charge is -2.36. The Hall–Kier alpha value is -3.75. The summed E-state index contributed by atoms with van der Waals surface area (Å²) in [6.07, 6.45) is 9.10. The van der Waals surface area contributed by atoms with Crippen molar-refractivity contribution in [1.29, 1.82) is 0 Å². The van der Waals surface area contributed by atoms with Crippen LogP contribution in [0.15, 0.2) is 48.5 Å². The number of alkyl carbamates (subject to hydrolysis) is 1. The van der Waals surface area contributed by atoms with Crippen molar-refractivity contribution in [1.82, 2.24) is 15.5 Å². The van der Waals surface area contributed by atoms with Gasteiger partial charge in [-0.1, -0.05) is 76.1 Å². The standard InChI is InChI=1S/C35H51N3O6/c1-5-6-7-8-12-22-38(31(26-14-13-17-29(40)24-26)32(41)36-27-15-10-9-11-16-27)33(42)30(37-34(43)44-35(2,3)4)23-25-18-20-28(39)21-19-25/h13-14,17-21,24,27,30-31,39-40H,5-12,15-16,22-23H2,1-4H3,(H,36,41)(H,37,43). The zero-order valence-electron chi connectivity index (χ0n) is 26.8. The summed E-state index contributed by atoms with van der Waals surface area (Å²) in [5.74, 6) is -0.633. The van der Waals surface area contributed by atoms with E-state index in [-0.39, 0.29) is 29.9 Å². The molecule has 1 aliphatic rings. The lowest BCUT2D eigenvalue weighted by atomic mass is 9.94. The minimum atomic E-state index is -1.05. The zero-order chi connectivity index (χ0) is 32.1. The van der Waals surface area contributed by atoms with Gasteiger partial charge in [-0.2, -0.15) is 0 Å². The van der Waals surface area contributed by atoms with E-state index >= 15 is 0 Å². The first-order chi connectivity index (χ1) is 21.0. The van der Waals surface area contributed by atoms with Crippen molar-refractivity contribution in [3.63, 3.8) is 0 Å². The number of phenolic OH excluding ortho intramolecular Hbond substituents is 2. The number of nitrogens with zero attached hydrogens (tertiary/aromatic N) is 1. The number of ether oxygens (including phenoxy) is 1. The van der Waals surface area contributed by atoms with Crippen molar-refractivity contribution < 1.29 is 29.3 Å². The van der Waals surface area contributed by atoms with Crippen LogP contribution in [0, 0.1) is 0 Å². The van der Waals surface area contributed by atoms with Crippen LogP contribution in [-0.4, -0.2) is 57.3 Å². The second-order valence-electron chi connectivity index (χ2n) is 12.9. The van der Waals surface area contributed by atoms with E-state index in [4.69, 9.17) is 4.74 Å². The van der Waals surface area contributed by atoms with Gasteiger partial charge in [0.1, 0.15) is 29.2 Å². The topological polar surface area (TPSA) is 128 Å². The maximum absolute atomic E-state index is 14.6. The van der Waals surface area contributed by atoms with Crippen LogP contribution >= 0.6 is 0 Å². The molecule has 0 bridgehead atoms. The van der Waals surface area contributed by atoms with E-state index in [0.29, 0.717) is 18.5 Å². The average molecular weight is 610 g/mol. The van der Waals surface area contributed by atoms with Gasteiger partial charge in [-0.15, -0.1) is 0 Å². The van der Waals surface area contributed by atoms with Crippen LogP contribution < -0.4 is 10.6 Å². The Morgan fingerprint density at radius 2 is 1.61 bits per heavy atom. The Morgan fingerprint density at radius 3 is 2.25 bits per heavy atom. The van der Waals surface area contributed by atoms with Crippen LogP contribution in [0.5, 0.6) is 11.5 Å². The van der Waals surface area contributed by atoms with Crippen LogP contribution in [-0.2, 0) is 20.7 Å². The van der Waals surface area contributed by atoms with Crippen molar-refractivity contribution in [3.8, 4) is 11.5 Å². The number of rotatable bonds is 14. The van der Waals surface area contributed by atoms with Gasteiger partial charge in [0.05, 0.1) is 0 Å². The Morgan fingerprint density at radius 1 is 0.932 bits per heavy atom. The molecule has 2 aromatic rings. The number of amides is 3. The minimum Gasteiger partial charge on any atom is -0.508 e. The highest BCUT2D eigenvalue weighted by Crippen LogP contribution is 2.28. The summed E-state index contributed by atoms with van der Waals surface area (Å²) in [7, 11) is 0. The normalized spacial score (nSPS) is 15.2. The molecule has 3 amide bonds. The second kappa shape index (κ2) is 16.9. The van der Waals surface area contributed by atoms with Crippen LogP contribution in [0.4, 0.5) is 4.79 Å². The minimum absolute atomic E-state index is 0.000773. The molecular weight excluding hydrogens is 558 g/mol. The molecule has 242 valence electrons. The molecule has 0 spiro atoms. The van der Waals surface area contributed by atoms with E-state index in [1.54, 1.807) is 49.9 Å². The molecule has 4 N–H and O–H groups in total. The van der Waals surface area contributed by atoms with Gasteiger partial charge < -0.3 is 30.5 Å².